The smallest absolute Gasteiger partial charge is 0.130 e. The van der Waals surface area contributed by atoms with Gasteiger partial charge in [-0.25, -0.2) is 15.0 Å². The molecule has 5 nitrogen and oxygen atoms in total. The summed E-state index contributed by atoms with van der Waals surface area (Å²) in [5.74, 6) is 1.60. The van der Waals surface area contributed by atoms with Crippen LogP contribution in [0.2, 0.25) is 0 Å². The molecule has 130 valence electrons. The minimum Gasteiger partial charge on any atom is -0.370 e. The number of hydrogen-bond donors (Lipinski definition) is 2. The molecule has 4 aromatic rings. The highest BCUT2D eigenvalue weighted by Crippen LogP contribution is 2.25. The summed E-state index contributed by atoms with van der Waals surface area (Å²) in [5.41, 5.74) is 4.19. The van der Waals surface area contributed by atoms with E-state index in [1.165, 1.54) is 4.88 Å². The van der Waals surface area contributed by atoms with Gasteiger partial charge in [0, 0.05) is 30.3 Å². The van der Waals surface area contributed by atoms with Gasteiger partial charge in [-0.3, -0.25) is 0 Å². The van der Waals surface area contributed by atoms with Gasteiger partial charge < -0.3 is 10.3 Å². The van der Waals surface area contributed by atoms with Crippen LogP contribution in [0.1, 0.15) is 11.5 Å². The Morgan fingerprint density at radius 3 is 2.77 bits per heavy atom. The number of H-pyrrole nitrogens is 1. The SMILES string of the molecule is Cc1nc(NCCc2[nH]cnc2-c2cccs2)cc(-c2ccccc2)n1. The van der Waals surface area contributed by atoms with Gasteiger partial charge in [-0.2, -0.15) is 0 Å². The number of hydrogen-bond acceptors (Lipinski definition) is 5. The van der Waals surface area contributed by atoms with Crippen molar-refractivity contribution < 1.29 is 0 Å². The lowest BCUT2D eigenvalue weighted by Crippen LogP contribution is -2.08. The van der Waals surface area contributed by atoms with E-state index in [1.807, 2.05) is 37.3 Å². The maximum absolute atomic E-state index is 4.54. The lowest BCUT2D eigenvalue weighted by molar-refractivity contribution is 0.957. The normalized spacial score (nSPS) is 10.8. The molecule has 0 aliphatic carbocycles. The molecule has 3 heterocycles. The number of nitrogens with one attached hydrogen (secondary N) is 2. The van der Waals surface area contributed by atoms with Crippen LogP contribution in [0.5, 0.6) is 0 Å². The summed E-state index contributed by atoms with van der Waals surface area (Å²) in [7, 11) is 0. The molecule has 3 aromatic heterocycles. The molecule has 1 aromatic carbocycles. The Bertz CT molecular complexity index is 977. The van der Waals surface area contributed by atoms with Crippen LogP contribution in [0, 0.1) is 6.92 Å². The van der Waals surface area contributed by atoms with Gasteiger partial charge in [-0.15, -0.1) is 11.3 Å². The van der Waals surface area contributed by atoms with E-state index in [2.05, 4.69) is 48.8 Å². The van der Waals surface area contributed by atoms with Gasteiger partial charge in [0.25, 0.3) is 0 Å². The van der Waals surface area contributed by atoms with Gasteiger partial charge in [0.05, 0.1) is 16.9 Å². The maximum atomic E-state index is 4.54. The maximum Gasteiger partial charge on any atom is 0.130 e. The predicted octanol–water partition coefficient (Wildman–Crippen LogP) is 4.56. The third-order valence-corrected chi connectivity index (χ3v) is 4.94. The van der Waals surface area contributed by atoms with Crippen molar-refractivity contribution >= 4 is 17.2 Å². The molecule has 6 heteroatoms. The fourth-order valence-corrected chi connectivity index (χ4v) is 3.62. The summed E-state index contributed by atoms with van der Waals surface area (Å²) < 4.78 is 0. The first-order chi connectivity index (χ1) is 12.8. The average molecular weight is 361 g/mol. The Kier molecular flexibility index (Phi) is 4.75. The summed E-state index contributed by atoms with van der Waals surface area (Å²) in [6.45, 7) is 2.69. The zero-order valence-corrected chi connectivity index (χ0v) is 15.3. The molecule has 0 radical (unpaired) electrons. The van der Waals surface area contributed by atoms with Crippen LogP contribution in [0.15, 0.2) is 60.2 Å². The van der Waals surface area contributed by atoms with E-state index in [-0.39, 0.29) is 0 Å². The fraction of sp³-hybridized carbons (Fsp3) is 0.150. The number of aryl methyl sites for hydroxylation is 1. The first-order valence-corrected chi connectivity index (χ1v) is 9.38. The average Bonchev–Trinajstić information content (AvgIpc) is 3.33. The summed E-state index contributed by atoms with van der Waals surface area (Å²) in [6, 6.07) is 16.3. The van der Waals surface area contributed by atoms with E-state index in [9.17, 15) is 0 Å². The molecule has 0 saturated heterocycles. The van der Waals surface area contributed by atoms with E-state index in [1.54, 1.807) is 17.7 Å². The highest BCUT2D eigenvalue weighted by atomic mass is 32.1. The molecule has 0 fully saturated rings. The Hall–Kier alpha value is -2.99. The Balaban J connectivity index is 1.46. The van der Waals surface area contributed by atoms with Gasteiger partial charge in [-0.1, -0.05) is 36.4 Å². The highest BCUT2D eigenvalue weighted by Gasteiger charge is 2.09. The summed E-state index contributed by atoms with van der Waals surface area (Å²) >= 11 is 1.70. The van der Waals surface area contributed by atoms with Crippen LogP contribution >= 0.6 is 11.3 Å². The number of anilines is 1. The molecule has 26 heavy (non-hydrogen) atoms. The molecule has 2 N–H and O–H groups in total. The van der Waals surface area contributed by atoms with E-state index >= 15 is 0 Å². The number of aromatic nitrogens is 4. The molecule has 0 aliphatic rings. The van der Waals surface area contributed by atoms with E-state index < -0.39 is 0 Å². The second kappa shape index (κ2) is 7.49. The van der Waals surface area contributed by atoms with Crippen LogP contribution in [-0.4, -0.2) is 26.5 Å². The van der Waals surface area contributed by atoms with Crippen molar-refractivity contribution in [3.05, 3.63) is 71.8 Å². The molecular formula is C20H19N5S. The lowest BCUT2D eigenvalue weighted by atomic mass is 10.1. The fourth-order valence-electron chi connectivity index (χ4n) is 2.87. The molecule has 0 atom stereocenters. The predicted molar refractivity (Wildman–Crippen MR) is 106 cm³/mol. The number of aromatic amines is 1. The zero-order valence-electron chi connectivity index (χ0n) is 14.4. The van der Waals surface area contributed by atoms with Crippen molar-refractivity contribution in [2.45, 2.75) is 13.3 Å². The topological polar surface area (TPSA) is 66.5 Å². The lowest BCUT2D eigenvalue weighted by Gasteiger charge is -2.09. The van der Waals surface area contributed by atoms with Crippen LogP contribution in [0.4, 0.5) is 5.82 Å². The van der Waals surface area contributed by atoms with Crippen molar-refractivity contribution in [2.24, 2.45) is 0 Å². The number of benzene rings is 1. The summed E-state index contributed by atoms with van der Waals surface area (Å²) in [6.07, 6.45) is 2.60. The Morgan fingerprint density at radius 1 is 1.08 bits per heavy atom. The molecule has 0 amide bonds. The first kappa shape index (κ1) is 16.5. The highest BCUT2D eigenvalue weighted by molar-refractivity contribution is 7.13. The van der Waals surface area contributed by atoms with Crippen molar-refractivity contribution in [2.75, 3.05) is 11.9 Å². The number of nitrogens with zero attached hydrogens (tertiary/aromatic N) is 3. The van der Waals surface area contributed by atoms with Crippen LogP contribution in [-0.2, 0) is 6.42 Å². The van der Waals surface area contributed by atoms with Gasteiger partial charge in [-0.05, 0) is 18.4 Å². The number of imidazole rings is 1. The van der Waals surface area contributed by atoms with Gasteiger partial charge in [0.2, 0.25) is 0 Å². The Morgan fingerprint density at radius 2 is 1.96 bits per heavy atom. The molecule has 0 aliphatic heterocycles. The first-order valence-electron chi connectivity index (χ1n) is 8.51. The van der Waals surface area contributed by atoms with Crippen LogP contribution in [0.25, 0.3) is 21.8 Å². The number of thiophene rings is 1. The van der Waals surface area contributed by atoms with Crippen LogP contribution in [0.3, 0.4) is 0 Å². The minimum atomic E-state index is 0.759. The molecule has 0 bridgehead atoms. The van der Waals surface area contributed by atoms with E-state index in [0.717, 1.165) is 47.3 Å². The van der Waals surface area contributed by atoms with E-state index in [0.29, 0.717) is 0 Å². The monoisotopic (exact) mass is 361 g/mol. The number of rotatable bonds is 6. The summed E-state index contributed by atoms with van der Waals surface area (Å²) in [5, 5.41) is 5.48. The minimum absolute atomic E-state index is 0.759. The van der Waals surface area contributed by atoms with Crippen molar-refractivity contribution in [1.29, 1.82) is 0 Å². The third-order valence-electron chi connectivity index (χ3n) is 4.06. The van der Waals surface area contributed by atoms with Gasteiger partial charge in [0.15, 0.2) is 0 Å². The largest absolute Gasteiger partial charge is 0.370 e. The molecule has 0 saturated carbocycles. The molecule has 4 rings (SSSR count). The Labute approximate surface area is 156 Å². The third kappa shape index (κ3) is 3.65. The zero-order chi connectivity index (χ0) is 17.8. The molecular weight excluding hydrogens is 342 g/mol. The van der Waals surface area contributed by atoms with Gasteiger partial charge in [0.1, 0.15) is 17.3 Å². The molecule has 0 unspecified atom stereocenters. The van der Waals surface area contributed by atoms with Crippen molar-refractivity contribution in [1.82, 2.24) is 19.9 Å². The van der Waals surface area contributed by atoms with Crippen molar-refractivity contribution in [3.8, 4) is 21.8 Å². The second-order valence-electron chi connectivity index (χ2n) is 5.94. The molecule has 0 spiro atoms. The standard InChI is InChI=1S/C20H19N5S/c1-14-24-17(15-6-3-2-4-7-15)12-19(25-14)21-10-9-16-20(23-13-22-16)18-8-5-11-26-18/h2-8,11-13H,9-10H2,1H3,(H,22,23)(H,21,24,25). The van der Waals surface area contributed by atoms with Crippen LogP contribution < -0.4 is 5.32 Å². The van der Waals surface area contributed by atoms with Gasteiger partial charge >= 0.3 is 0 Å². The summed E-state index contributed by atoms with van der Waals surface area (Å²) in [4.78, 5) is 17.9. The van der Waals surface area contributed by atoms with Crippen molar-refractivity contribution in [3.63, 3.8) is 0 Å². The second-order valence-corrected chi connectivity index (χ2v) is 6.88. The quantitative estimate of drug-likeness (QED) is 0.528. The van der Waals surface area contributed by atoms with E-state index in [4.69, 9.17) is 0 Å².